The van der Waals surface area contributed by atoms with E-state index in [-0.39, 0.29) is 30.2 Å². The first-order valence-corrected chi connectivity index (χ1v) is 5.44. The van der Waals surface area contributed by atoms with Crippen molar-refractivity contribution in [2.24, 2.45) is 5.92 Å². The van der Waals surface area contributed by atoms with E-state index in [1.54, 1.807) is 0 Å². The van der Waals surface area contributed by atoms with E-state index in [9.17, 15) is 14.7 Å². The van der Waals surface area contributed by atoms with Gasteiger partial charge < -0.3 is 10.2 Å². The first-order valence-electron chi connectivity index (χ1n) is 5.44. The highest BCUT2D eigenvalue weighted by Gasteiger charge is 2.39. The molecule has 1 saturated heterocycles. The average molecular weight is 251 g/mol. The Hall–Kier alpha value is -2.08. The molecular weight excluding hydrogens is 238 g/mol. The summed E-state index contributed by atoms with van der Waals surface area (Å²) < 4.78 is 0. The molecule has 96 valence electrons. The van der Waals surface area contributed by atoms with Crippen molar-refractivity contribution in [3.63, 3.8) is 0 Å². The zero-order valence-corrected chi connectivity index (χ0v) is 9.79. The Labute approximate surface area is 103 Å². The summed E-state index contributed by atoms with van der Waals surface area (Å²) in [5, 5.41) is 19.5. The number of carbonyl (C=O) groups excluding carboxylic acids is 2. The molecule has 0 saturated carbocycles. The van der Waals surface area contributed by atoms with Crippen molar-refractivity contribution < 1.29 is 24.6 Å². The summed E-state index contributed by atoms with van der Waals surface area (Å²) in [4.78, 5) is 27.9. The second kappa shape index (κ2) is 4.66. The van der Waals surface area contributed by atoms with Gasteiger partial charge in [-0.3, -0.25) is 14.4 Å². The Morgan fingerprint density at radius 3 is 2.67 bits per heavy atom. The third kappa shape index (κ3) is 2.14. The van der Waals surface area contributed by atoms with Crippen molar-refractivity contribution in [2.45, 2.75) is 12.8 Å². The predicted octanol–water partition coefficient (Wildman–Crippen LogP) is 0.577. The average Bonchev–Trinajstić information content (AvgIpc) is 2.58. The van der Waals surface area contributed by atoms with E-state index < -0.39 is 11.8 Å². The van der Waals surface area contributed by atoms with Crippen LogP contribution in [-0.2, 0) is 20.8 Å². The molecule has 1 aliphatic rings. The van der Waals surface area contributed by atoms with E-state index in [1.807, 2.05) is 0 Å². The van der Waals surface area contributed by atoms with Gasteiger partial charge in [0.15, 0.2) is 0 Å². The van der Waals surface area contributed by atoms with E-state index in [0.717, 1.165) is 5.06 Å². The van der Waals surface area contributed by atoms with Gasteiger partial charge in [0.1, 0.15) is 11.5 Å². The number of hydrogen-bond donors (Lipinski definition) is 2. The fraction of sp³-hybridized carbons (Fsp3) is 0.333. The number of nitrogens with zero attached hydrogens (tertiary/aromatic N) is 1. The van der Waals surface area contributed by atoms with Crippen molar-refractivity contribution in [3.8, 4) is 11.5 Å². The van der Waals surface area contributed by atoms with E-state index in [4.69, 9.17) is 5.11 Å². The second-order valence-electron chi connectivity index (χ2n) is 4.13. The quantitative estimate of drug-likeness (QED) is 0.767. The molecule has 6 heteroatoms. The lowest BCUT2D eigenvalue weighted by Gasteiger charge is -2.11. The molecule has 0 spiro atoms. The molecule has 1 atom stereocenters. The molecule has 2 rings (SSSR count). The van der Waals surface area contributed by atoms with Gasteiger partial charge >= 0.3 is 0 Å². The monoisotopic (exact) mass is 251 g/mol. The first kappa shape index (κ1) is 12.4. The van der Waals surface area contributed by atoms with Crippen LogP contribution in [0, 0.1) is 5.92 Å². The molecule has 0 aromatic heterocycles. The summed E-state index contributed by atoms with van der Waals surface area (Å²) in [6.45, 7) is 0. The molecule has 6 nitrogen and oxygen atoms in total. The summed E-state index contributed by atoms with van der Waals surface area (Å²) in [6.07, 6.45) is 0.295. The van der Waals surface area contributed by atoms with Crippen LogP contribution < -0.4 is 0 Å². The number of phenols is 2. The van der Waals surface area contributed by atoms with E-state index in [2.05, 4.69) is 4.84 Å². The van der Waals surface area contributed by atoms with Gasteiger partial charge in [-0.15, -0.1) is 0 Å². The molecule has 1 fully saturated rings. The summed E-state index contributed by atoms with van der Waals surface area (Å²) >= 11 is 0. The number of imide groups is 1. The lowest BCUT2D eigenvalue weighted by atomic mass is 9.97. The van der Waals surface area contributed by atoms with Crippen LogP contribution in [0.4, 0.5) is 0 Å². The van der Waals surface area contributed by atoms with Crippen LogP contribution >= 0.6 is 0 Å². The maximum absolute atomic E-state index is 11.8. The molecule has 1 aliphatic heterocycles. The number of phenolic OH excluding ortho intramolecular Hbond substituents is 2. The van der Waals surface area contributed by atoms with Crippen LogP contribution in [0.5, 0.6) is 11.5 Å². The molecule has 0 radical (unpaired) electrons. The normalized spacial score (nSPS) is 19.6. The summed E-state index contributed by atoms with van der Waals surface area (Å²) in [5.41, 5.74) is 0.511. The van der Waals surface area contributed by atoms with Crippen LogP contribution in [0.1, 0.15) is 12.0 Å². The molecular formula is C12H13NO5. The fourth-order valence-electron chi connectivity index (χ4n) is 2.01. The Bertz CT molecular complexity index is 499. The molecule has 2 N–H and O–H groups in total. The van der Waals surface area contributed by atoms with Crippen LogP contribution in [0.3, 0.4) is 0 Å². The minimum absolute atomic E-state index is 0.0522. The van der Waals surface area contributed by atoms with Crippen molar-refractivity contribution in [1.29, 1.82) is 0 Å². The van der Waals surface area contributed by atoms with Crippen LogP contribution in [0.25, 0.3) is 0 Å². The molecule has 18 heavy (non-hydrogen) atoms. The van der Waals surface area contributed by atoms with E-state index in [1.165, 1.54) is 25.3 Å². The van der Waals surface area contributed by atoms with Crippen molar-refractivity contribution in [2.75, 3.05) is 7.11 Å². The van der Waals surface area contributed by atoms with Crippen LogP contribution in [-0.4, -0.2) is 34.2 Å². The van der Waals surface area contributed by atoms with E-state index >= 15 is 0 Å². The number of aromatic hydroxyl groups is 2. The number of carbonyl (C=O) groups is 2. The van der Waals surface area contributed by atoms with Gasteiger partial charge in [0.25, 0.3) is 11.8 Å². The molecule has 0 aliphatic carbocycles. The van der Waals surface area contributed by atoms with Crippen molar-refractivity contribution >= 4 is 11.8 Å². The number of hydroxylamine groups is 2. The summed E-state index contributed by atoms with van der Waals surface area (Å²) in [7, 11) is 1.26. The number of hydrogen-bond acceptors (Lipinski definition) is 5. The zero-order valence-electron chi connectivity index (χ0n) is 9.79. The zero-order chi connectivity index (χ0) is 13.3. The molecule has 2 amide bonds. The highest BCUT2D eigenvalue weighted by atomic mass is 16.7. The van der Waals surface area contributed by atoms with Crippen molar-refractivity contribution in [3.05, 3.63) is 23.8 Å². The molecule has 0 bridgehead atoms. The number of rotatable bonds is 3. The van der Waals surface area contributed by atoms with Crippen LogP contribution in [0.15, 0.2) is 18.2 Å². The largest absolute Gasteiger partial charge is 0.508 e. The topological polar surface area (TPSA) is 87.1 Å². The van der Waals surface area contributed by atoms with Gasteiger partial charge in [0, 0.05) is 12.5 Å². The maximum Gasteiger partial charge on any atom is 0.257 e. The first-order chi connectivity index (χ1) is 8.52. The maximum atomic E-state index is 11.8. The molecule has 1 aromatic rings. The minimum Gasteiger partial charge on any atom is -0.508 e. The van der Waals surface area contributed by atoms with Gasteiger partial charge in [-0.05, 0) is 18.1 Å². The van der Waals surface area contributed by atoms with Gasteiger partial charge in [-0.2, -0.15) is 5.06 Å². The standard InChI is InChI=1S/C12H13NO5/c1-18-13-11(16)5-8(12(13)17)4-7-2-3-9(14)6-10(7)15/h2-3,6,8,14-15H,4-5H2,1H3. The predicted molar refractivity (Wildman–Crippen MR) is 60.4 cm³/mol. The van der Waals surface area contributed by atoms with Gasteiger partial charge in [0.2, 0.25) is 0 Å². The Balaban J connectivity index is 2.15. The second-order valence-corrected chi connectivity index (χ2v) is 4.13. The highest BCUT2D eigenvalue weighted by molar-refractivity contribution is 6.02. The molecule has 1 unspecified atom stereocenters. The number of amides is 2. The molecule has 1 aromatic carbocycles. The lowest BCUT2D eigenvalue weighted by Crippen LogP contribution is -2.29. The number of benzene rings is 1. The van der Waals surface area contributed by atoms with Gasteiger partial charge in [-0.25, -0.2) is 0 Å². The van der Waals surface area contributed by atoms with Gasteiger partial charge in [0.05, 0.1) is 13.0 Å². The SMILES string of the molecule is CON1C(=O)CC(Cc2ccc(O)cc2O)C1=O. The summed E-state index contributed by atoms with van der Waals surface area (Å²) in [5.74, 6) is -1.47. The van der Waals surface area contributed by atoms with E-state index in [0.29, 0.717) is 5.56 Å². The van der Waals surface area contributed by atoms with Crippen LogP contribution in [0.2, 0.25) is 0 Å². The van der Waals surface area contributed by atoms with Crippen molar-refractivity contribution in [1.82, 2.24) is 5.06 Å². The minimum atomic E-state index is -0.534. The Morgan fingerprint density at radius 2 is 2.11 bits per heavy atom. The Morgan fingerprint density at radius 1 is 1.39 bits per heavy atom. The Kier molecular flexibility index (Phi) is 3.20. The third-order valence-corrected chi connectivity index (χ3v) is 2.91. The third-order valence-electron chi connectivity index (χ3n) is 2.91. The molecule has 1 heterocycles. The smallest absolute Gasteiger partial charge is 0.257 e. The van der Waals surface area contributed by atoms with Gasteiger partial charge in [-0.1, -0.05) is 6.07 Å². The lowest BCUT2D eigenvalue weighted by molar-refractivity contribution is -0.180. The summed E-state index contributed by atoms with van der Waals surface area (Å²) in [6, 6.07) is 4.15. The fourth-order valence-corrected chi connectivity index (χ4v) is 2.01. The highest BCUT2D eigenvalue weighted by Crippen LogP contribution is 2.29.